The Morgan fingerprint density at radius 1 is 1.12 bits per heavy atom. The van der Waals surface area contributed by atoms with Crippen molar-refractivity contribution in [1.82, 2.24) is 5.32 Å². The summed E-state index contributed by atoms with van der Waals surface area (Å²) in [5.74, 6) is -0.695. The average molecular weight is 368 g/mol. The zero-order valence-electron chi connectivity index (χ0n) is 14.4. The summed E-state index contributed by atoms with van der Waals surface area (Å²) in [6.45, 7) is 5.21. The molecule has 0 fully saturated rings. The molecule has 0 aromatic heterocycles. The highest BCUT2D eigenvalue weighted by Crippen LogP contribution is 2.20. The van der Waals surface area contributed by atoms with Gasteiger partial charge < -0.3 is 16.4 Å². The van der Waals surface area contributed by atoms with E-state index < -0.39 is 5.91 Å². The molecule has 2 rings (SSSR count). The number of anilines is 1. The average Bonchev–Trinajstić information content (AvgIpc) is 2.63. The first-order valence-electron chi connectivity index (χ1n) is 7.82. The Morgan fingerprint density at radius 2 is 1.77 bits per heavy atom. The second-order valence-corrected chi connectivity index (χ2v) is 6.29. The van der Waals surface area contributed by atoms with Crippen molar-refractivity contribution in [2.75, 3.05) is 11.2 Å². The van der Waals surface area contributed by atoms with Gasteiger partial charge in [0, 0.05) is 11.3 Å². The minimum atomic E-state index is -0.757. The molecule has 0 radical (unpaired) electrons. The number of nitrogens with two attached hydrogens (primary N) is 1. The second-order valence-electron chi connectivity index (χ2n) is 5.30. The van der Waals surface area contributed by atoms with Gasteiger partial charge in [-0.15, -0.1) is 0 Å². The van der Waals surface area contributed by atoms with Crippen molar-refractivity contribution < 1.29 is 9.59 Å². The van der Waals surface area contributed by atoms with Crippen LogP contribution in [0, 0.1) is 6.92 Å². The van der Waals surface area contributed by atoms with Crippen LogP contribution in [0.1, 0.15) is 15.9 Å². The molecule has 4 N–H and O–H groups in total. The predicted molar refractivity (Wildman–Crippen MR) is 107 cm³/mol. The lowest BCUT2D eigenvalue weighted by atomic mass is 10.1. The molecule has 0 saturated heterocycles. The van der Waals surface area contributed by atoms with Crippen LogP contribution in [0.5, 0.6) is 0 Å². The van der Waals surface area contributed by atoms with E-state index in [1.54, 1.807) is 12.1 Å². The molecule has 26 heavy (non-hydrogen) atoms. The standard InChI is InChI=1S/C19H20N4O2S/c1-13-8-6-7-11-15(13)18(25)23-19(16(21-2)17(20)24)26-12-22-14-9-4-3-5-10-14/h3-11,22H,2,12H2,1H3,(H2,20,24)(H,23,25)/b19-16-. The fourth-order valence-electron chi connectivity index (χ4n) is 2.17. The molecular formula is C19H20N4O2S. The van der Waals surface area contributed by atoms with Crippen LogP contribution < -0.4 is 16.4 Å². The van der Waals surface area contributed by atoms with Crippen molar-refractivity contribution in [3.8, 4) is 0 Å². The third-order valence-electron chi connectivity index (χ3n) is 3.49. The van der Waals surface area contributed by atoms with Gasteiger partial charge in [-0.05, 0) is 37.4 Å². The van der Waals surface area contributed by atoms with Crippen molar-refractivity contribution in [2.24, 2.45) is 10.7 Å². The van der Waals surface area contributed by atoms with Gasteiger partial charge in [0.25, 0.3) is 11.8 Å². The first kappa shape index (κ1) is 19.3. The van der Waals surface area contributed by atoms with Gasteiger partial charge in [0.15, 0.2) is 5.70 Å². The van der Waals surface area contributed by atoms with Gasteiger partial charge >= 0.3 is 0 Å². The van der Waals surface area contributed by atoms with E-state index in [9.17, 15) is 9.59 Å². The number of aliphatic imine (C=N–C) groups is 1. The molecular weight excluding hydrogens is 348 g/mol. The number of aryl methyl sites for hydroxylation is 1. The largest absolute Gasteiger partial charge is 0.376 e. The smallest absolute Gasteiger partial charge is 0.270 e. The van der Waals surface area contributed by atoms with Gasteiger partial charge in [0.05, 0.1) is 5.88 Å². The Morgan fingerprint density at radius 3 is 2.38 bits per heavy atom. The molecule has 7 heteroatoms. The SMILES string of the molecule is C=N/C(C(N)=O)=C(/NC(=O)c1ccccc1C)SCNc1ccccc1. The number of rotatable bonds is 8. The molecule has 0 aliphatic heterocycles. The molecule has 6 nitrogen and oxygen atoms in total. The Balaban J connectivity index is 2.16. The maximum atomic E-state index is 12.6. The summed E-state index contributed by atoms with van der Waals surface area (Å²) < 4.78 is 0. The van der Waals surface area contributed by atoms with E-state index in [0.717, 1.165) is 11.3 Å². The number of carbonyl (C=O) groups excluding carboxylic acids is 2. The monoisotopic (exact) mass is 368 g/mol. The molecule has 0 saturated carbocycles. The molecule has 0 bridgehead atoms. The van der Waals surface area contributed by atoms with Crippen LogP contribution in [0.15, 0.2) is 70.3 Å². The van der Waals surface area contributed by atoms with E-state index in [-0.39, 0.29) is 16.6 Å². The number of hydrogen-bond donors (Lipinski definition) is 3. The van der Waals surface area contributed by atoms with E-state index in [1.807, 2.05) is 49.4 Å². The number of carbonyl (C=O) groups is 2. The minimum absolute atomic E-state index is 0.0770. The lowest BCUT2D eigenvalue weighted by molar-refractivity contribution is -0.114. The van der Waals surface area contributed by atoms with Crippen LogP contribution in [0.2, 0.25) is 0 Å². The molecule has 0 unspecified atom stereocenters. The topological polar surface area (TPSA) is 96.6 Å². The molecule has 0 aliphatic carbocycles. The highest BCUT2D eigenvalue weighted by molar-refractivity contribution is 8.03. The minimum Gasteiger partial charge on any atom is -0.376 e. The first-order chi connectivity index (χ1) is 12.5. The van der Waals surface area contributed by atoms with Crippen molar-refractivity contribution in [3.05, 3.63) is 76.5 Å². The molecule has 0 aliphatic rings. The summed E-state index contributed by atoms with van der Waals surface area (Å²) in [6.07, 6.45) is 0. The summed E-state index contributed by atoms with van der Waals surface area (Å²) in [6, 6.07) is 16.7. The predicted octanol–water partition coefficient (Wildman–Crippen LogP) is 2.88. The van der Waals surface area contributed by atoms with Crippen molar-refractivity contribution in [1.29, 1.82) is 0 Å². The second kappa shape index (κ2) is 9.43. The number of primary amides is 1. The molecule has 0 heterocycles. The Bertz CT molecular complexity index is 834. The van der Waals surface area contributed by atoms with Crippen molar-refractivity contribution in [2.45, 2.75) is 6.92 Å². The highest BCUT2D eigenvalue weighted by Gasteiger charge is 2.17. The first-order valence-corrected chi connectivity index (χ1v) is 8.81. The Hall–Kier alpha value is -3.06. The third kappa shape index (κ3) is 5.22. The zero-order valence-corrected chi connectivity index (χ0v) is 15.2. The van der Waals surface area contributed by atoms with Crippen molar-refractivity contribution in [3.63, 3.8) is 0 Å². The zero-order chi connectivity index (χ0) is 18.9. The maximum absolute atomic E-state index is 12.6. The number of nitrogens with zero attached hydrogens (tertiary/aromatic N) is 1. The molecule has 2 aromatic rings. The van der Waals surface area contributed by atoms with Crippen LogP contribution in [0.4, 0.5) is 5.69 Å². The van der Waals surface area contributed by atoms with Crippen LogP contribution >= 0.6 is 11.8 Å². The molecule has 134 valence electrons. The number of hydrogen-bond acceptors (Lipinski definition) is 5. The third-order valence-corrected chi connectivity index (χ3v) is 4.36. The van der Waals surface area contributed by atoms with Crippen molar-refractivity contribution >= 4 is 36.0 Å². The number of thioether (sulfide) groups is 1. The number of nitrogens with one attached hydrogen (secondary N) is 2. The molecule has 2 amide bonds. The van der Waals surface area contributed by atoms with E-state index in [1.165, 1.54) is 11.8 Å². The number of amides is 2. The maximum Gasteiger partial charge on any atom is 0.270 e. The van der Waals surface area contributed by atoms with Crippen LogP contribution in [0.25, 0.3) is 0 Å². The van der Waals surface area contributed by atoms with Crippen LogP contribution in [-0.4, -0.2) is 24.4 Å². The summed E-state index contributed by atoms with van der Waals surface area (Å²) in [5, 5.41) is 6.16. The summed E-state index contributed by atoms with van der Waals surface area (Å²) in [7, 11) is 0. The Labute approximate surface area is 156 Å². The van der Waals surface area contributed by atoms with Gasteiger partial charge in [0.1, 0.15) is 5.03 Å². The number of benzene rings is 2. The fourth-order valence-corrected chi connectivity index (χ4v) is 3.02. The van der Waals surface area contributed by atoms with Gasteiger partial charge in [-0.25, -0.2) is 0 Å². The van der Waals surface area contributed by atoms with Gasteiger partial charge in [-0.1, -0.05) is 48.2 Å². The summed E-state index contributed by atoms with van der Waals surface area (Å²) in [4.78, 5) is 27.9. The molecule has 0 spiro atoms. The Kier molecular flexibility index (Phi) is 6.99. The van der Waals surface area contributed by atoms with Crippen LogP contribution in [-0.2, 0) is 4.79 Å². The van der Waals surface area contributed by atoms with E-state index in [4.69, 9.17) is 5.73 Å². The normalized spacial score (nSPS) is 11.3. The molecule has 2 aromatic carbocycles. The van der Waals surface area contributed by atoms with Gasteiger partial charge in [-0.3, -0.25) is 14.6 Å². The van der Waals surface area contributed by atoms with E-state index in [2.05, 4.69) is 22.3 Å². The number of para-hydroxylation sites is 1. The van der Waals surface area contributed by atoms with Gasteiger partial charge in [0.2, 0.25) is 0 Å². The fraction of sp³-hybridized carbons (Fsp3) is 0.105. The summed E-state index contributed by atoms with van der Waals surface area (Å²) in [5.41, 5.74) is 7.53. The van der Waals surface area contributed by atoms with Crippen LogP contribution in [0.3, 0.4) is 0 Å². The lowest BCUT2D eigenvalue weighted by Crippen LogP contribution is -2.27. The van der Waals surface area contributed by atoms with E-state index >= 15 is 0 Å². The van der Waals surface area contributed by atoms with Gasteiger partial charge in [-0.2, -0.15) is 0 Å². The van der Waals surface area contributed by atoms with E-state index in [0.29, 0.717) is 11.4 Å². The quantitative estimate of drug-likeness (QED) is 0.379. The lowest BCUT2D eigenvalue weighted by Gasteiger charge is -2.13. The summed E-state index contributed by atoms with van der Waals surface area (Å²) >= 11 is 1.21. The highest BCUT2D eigenvalue weighted by atomic mass is 32.2. The molecule has 0 atom stereocenters.